The van der Waals surface area contributed by atoms with Gasteiger partial charge in [-0.1, -0.05) is 87.5 Å². The smallest absolute Gasteiger partial charge is 0.266 e. The average Bonchev–Trinajstić information content (AvgIpc) is 3.64. The Labute approximate surface area is 288 Å². The predicted molar refractivity (Wildman–Crippen MR) is 194 cm³/mol. The van der Waals surface area contributed by atoms with Gasteiger partial charge >= 0.3 is 0 Å². The van der Waals surface area contributed by atoms with E-state index in [2.05, 4.69) is 78.7 Å². The number of fused-ring (bicyclic) bond motifs is 1. The van der Waals surface area contributed by atoms with Crippen LogP contribution in [0.3, 0.4) is 0 Å². The summed E-state index contributed by atoms with van der Waals surface area (Å²) in [5.74, 6) is 1.14. The molecule has 0 fully saturated rings. The van der Waals surface area contributed by atoms with Crippen LogP contribution in [0.1, 0.15) is 56.4 Å². The van der Waals surface area contributed by atoms with Crippen molar-refractivity contribution < 1.29 is 22.3 Å². The largest absolute Gasteiger partial charge is 0.497 e. The summed E-state index contributed by atoms with van der Waals surface area (Å²) < 4.78 is 52.7. The monoisotopic (exact) mass is 699 g/mol. The number of sulfonamides is 1. The number of hydrogen-bond acceptors (Lipinski definition) is 8. The van der Waals surface area contributed by atoms with E-state index in [-0.39, 0.29) is 27.7 Å². The molecule has 4 aromatic carbocycles. The van der Waals surface area contributed by atoms with E-state index in [0.29, 0.717) is 17.1 Å². The minimum atomic E-state index is -4.04. The van der Waals surface area contributed by atoms with Crippen LogP contribution in [0.5, 0.6) is 11.5 Å². The maximum absolute atomic E-state index is 14.4. The van der Waals surface area contributed by atoms with Gasteiger partial charge < -0.3 is 13.9 Å². The van der Waals surface area contributed by atoms with E-state index >= 15 is 0 Å². The molecular weight excluding hydrogens is 659 g/mol. The fraction of sp³-hybridized carbons (Fsp3) is 0.297. The van der Waals surface area contributed by atoms with Crippen LogP contribution in [0, 0.1) is 0 Å². The molecule has 1 aliphatic carbocycles. The molecular formula is C37H41N3O5S2Si. The first-order valence-electron chi connectivity index (χ1n) is 16.0. The van der Waals surface area contributed by atoms with Gasteiger partial charge in [0.25, 0.3) is 18.3 Å². The van der Waals surface area contributed by atoms with Crippen molar-refractivity contribution in [3.63, 3.8) is 0 Å². The Kier molecular flexibility index (Phi) is 9.75. The van der Waals surface area contributed by atoms with Gasteiger partial charge in [-0.05, 0) is 70.1 Å². The fourth-order valence-electron chi connectivity index (χ4n) is 6.73. The number of benzene rings is 4. The minimum absolute atomic E-state index is 0.0152. The van der Waals surface area contributed by atoms with Crippen LogP contribution >= 0.6 is 11.5 Å². The summed E-state index contributed by atoms with van der Waals surface area (Å²) in [5, 5.41) is 2.54. The Morgan fingerprint density at radius 1 is 0.896 bits per heavy atom. The Morgan fingerprint density at radius 3 is 2.17 bits per heavy atom. The normalized spacial score (nSPS) is 15.1. The third-order valence-corrected chi connectivity index (χ3v) is 16.6. The van der Waals surface area contributed by atoms with Crippen LogP contribution < -0.4 is 24.2 Å². The molecule has 1 aliphatic rings. The molecule has 0 N–H and O–H groups in total. The van der Waals surface area contributed by atoms with E-state index in [4.69, 9.17) is 13.9 Å². The Bertz CT molecular complexity index is 1910. The molecule has 6 rings (SSSR count). The van der Waals surface area contributed by atoms with Gasteiger partial charge in [0.1, 0.15) is 17.8 Å². The lowest BCUT2D eigenvalue weighted by Gasteiger charge is -2.46. The third-order valence-electron chi connectivity index (χ3n) is 9.07. The number of aryl methyl sites for hydroxylation is 1. The van der Waals surface area contributed by atoms with Gasteiger partial charge in [0.2, 0.25) is 5.13 Å². The van der Waals surface area contributed by atoms with Crippen molar-refractivity contribution in [1.29, 1.82) is 0 Å². The van der Waals surface area contributed by atoms with Gasteiger partial charge in [-0.2, -0.15) is 4.37 Å². The second-order valence-corrected chi connectivity index (χ2v) is 19.8. The number of ether oxygens (including phenoxy) is 2. The van der Waals surface area contributed by atoms with Gasteiger partial charge in [-0.3, -0.25) is 0 Å². The summed E-state index contributed by atoms with van der Waals surface area (Å²) in [6, 6.07) is 32.1. The first kappa shape index (κ1) is 33.9. The SMILES string of the molecule is COc1ccc(CN(c2ncns2)S(=O)(=O)c2ccc3c(c2)CCCC3O[Si](c2ccccc2)(c2ccccc2)C(C)(C)C)c(OC)c1. The molecule has 8 nitrogen and oxygen atoms in total. The molecule has 0 saturated carbocycles. The van der Waals surface area contributed by atoms with Gasteiger partial charge in [0.05, 0.1) is 31.8 Å². The highest BCUT2D eigenvalue weighted by atomic mass is 32.2. The van der Waals surface area contributed by atoms with E-state index < -0.39 is 18.3 Å². The van der Waals surface area contributed by atoms with Crippen LogP contribution in [0.15, 0.2) is 108 Å². The molecule has 1 unspecified atom stereocenters. The van der Waals surface area contributed by atoms with Crippen LogP contribution in [-0.2, 0) is 27.4 Å². The van der Waals surface area contributed by atoms with E-state index in [9.17, 15) is 8.42 Å². The molecule has 1 atom stereocenters. The lowest BCUT2D eigenvalue weighted by atomic mass is 9.90. The molecule has 48 heavy (non-hydrogen) atoms. The first-order valence-corrected chi connectivity index (χ1v) is 20.1. The van der Waals surface area contributed by atoms with Gasteiger partial charge in [0, 0.05) is 23.2 Å². The summed E-state index contributed by atoms with van der Waals surface area (Å²) in [6.07, 6.45) is 3.71. The van der Waals surface area contributed by atoms with Crippen LogP contribution in [0.4, 0.5) is 5.13 Å². The van der Waals surface area contributed by atoms with E-state index in [1.807, 2.05) is 24.3 Å². The standard InChI is InChI=1S/C37H41N3O5S2Si/c1-37(2,3)48(31-14-8-6-9-15-31,32-16-10-7-11-17-32)45-34-18-12-13-27-23-30(21-22-33(27)34)47(41,42)40(36-38-26-39-46-36)25-28-19-20-29(43-4)24-35(28)44-5/h6-11,14-17,19-24,26,34H,12-13,18,25H2,1-5H3. The number of nitrogens with zero attached hydrogens (tertiary/aromatic N) is 3. The second kappa shape index (κ2) is 13.8. The highest BCUT2D eigenvalue weighted by Crippen LogP contribution is 2.43. The fourth-order valence-corrected chi connectivity index (χ4v) is 13.6. The molecule has 1 heterocycles. The number of methoxy groups -OCH3 is 2. The first-order chi connectivity index (χ1) is 23.1. The lowest BCUT2D eigenvalue weighted by Crippen LogP contribution is -2.67. The minimum Gasteiger partial charge on any atom is -0.497 e. The number of rotatable bonds is 11. The highest BCUT2D eigenvalue weighted by molar-refractivity contribution is 7.93. The van der Waals surface area contributed by atoms with Gasteiger partial charge in [-0.15, -0.1) is 0 Å². The van der Waals surface area contributed by atoms with Crippen molar-refractivity contribution in [2.45, 2.75) is 62.6 Å². The van der Waals surface area contributed by atoms with Crippen molar-refractivity contribution in [3.05, 3.63) is 120 Å². The Balaban J connectivity index is 1.39. The van der Waals surface area contributed by atoms with Crippen LogP contribution in [0.2, 0.25) is 5.04 Å². The summed E-state index contributed by atoms with van der Waals surface area (Å²) in [5.41, 5.74) is 2.71. The quantitative estimate of drug-likeness (QED) is 0.139. The van der Waals surface area contributed by atoms with E-state index in [1.165, 1.54) is 21.0 Å². The van der Waals surface area contributed by atoms with Crippen molar-refractivity contribution in [1.82, 2.24) is 9.36 Å². The summed E-state index contributed by atoms with van der Waals surface area (Å²) >= 11 is 1.03. The molecule has 1 aromatic heterocycles. The highest BCUT2D eigenvalue weighted by Gasteiger charge is 2.52. The summed E-state index contributed by atoms with van der Waals surface area (Å²) in [6.45, 7) is 6.84. The maximum Gasteiger partial charge on any atom is 0.266 e. The Morgan fingerprint density at radius 2 is 1.58 bits per heavy atom. The van der Waals surface area contributed by atoms with Crippen LogP contribution in [-0.4, -0.2) is 40.3 Å². The van der Waals surface area contributed by atoms with Crippen LogP contribution in [0.25, 0.3) is 0 Å². The molecule has 0 radical (unpaired) electrons. The zero-order valence-corrected chi connectivity index (χ0v) is 30.6. The lowest BCUT2D eigenvalue weighted by molar-refractivity contribution is 0.169. The number of aromatic nitrogens is 2. The van der Waals surface area contributed by atoms with E-state index in [0.717, 1.165) is 41.9 Å². The molecule has 0 aliphatic heterocycles. The van der Waals surface area contributed by atoms with Crippen molar-refractivity contribution in [2.75, 3.05) is 18.5 Å². The third kappa shape index (κ3) is 6.39. The van der Waals surface area contributed by atoms with Gasteiger partial charge in [-0.25, -0.2) is 17.7 Å². The second-order valence-electron chi connectivity index (χ2n) is 12.9. The number of anilines is 1. The predicted octanol–water partition coefficient (Wildman–Crippen LogP) is 6.90. The molecule has 0 amide bonds. The summed E-state index contributed by atoms with van der Waals surface area (Å²) in [4.78, 5) is 4.49. The molecule has 0 saturated heterocycles. The van der Waals surface area contributed by atoms with Gasteiger partial charge in [0.15, 0.2) is 0 Å². The zero-order chi connectivity index (χ0) is 33.9. The molecule has 250 valence electrons. The molecule has 11 heteroatoms. The zero-order valence-electron chi connectivity index (χ0n) is 27.9. The topological polar surface area (TPSA) is 90.9 Å². The molecule has 0 bridgehead atoms. The maximum atomic E-state index is 14.4. The average molecular weight is 700 g/mol. The number of hydrogen-bond donors (Lipinski definition) is 0. The molecule has 5 aromatic rings. The Hall–Kier alpha value is -4.03. The summed E-state index contributed by atoms with van der Waals surface area (Å²) in [7, 11) is -3.74. The van der Waals surface area contributed by atoms with Crippen molar-refractivity contribution >= 4 is 45.4 Å². The molecule has 0 spiro atoms. The van der Waals surface area contributed by atoms with Crippen molar-refractivity contribution in [3.8, 4) is 11.5 Å². The van der Waals surface area contributed by atoms with Crippen molar-refractivity contribution in [2.24, 2.45) is 0 Å². The van der Waals surface area contributed by atoms with E-state index in [1.54, 1.807) is 38.5 Å².